The Morgan fingerprint density at radius 3 is 2.88 bits per heavy atom. The fraction of sp³-hybridized carbons (Fsp3) is 0.583. The third-order valence-electron chi connectivity index (χ3n) is 2.93. The zero-order valence-corrected chi connectivity index (χ0v) is 11.6. The van der Waals surface area contributed by atoms with Crippen molar-refractivity contribution >= 4 is 28.8 Å². The van der Waals surface area contributed by atoms with Crippen molar-refractivity contribution in [1.82, 2.24) is 10.6 Å². The van der Waals surface area contributed by atoms with Crippen LogP contribution in [-0.2, 0) is 4.79 Å². The molecule has 1 fully saturated rings. The molecule has 0 bridgehead atoms. The number of amides is 1. The van der Waals surface area contributed by atoms with Crippen LogP contribution in [0.4, 0.5) is 0 Å². The van der Waals surface area contributed by atoms with Gasteiger partial charge in [-0.05, 0) is 23.8 Å². The first-order chi connectivity index (χ1) is 8.08. The second kappa shape index (κ2) is 5.38. The molecular formula is C12H17ClN2OS. The second-order valence-corrected chi connectivity index (χ2v) is 6.32. The highest BCUT2D eigenvalue weighted by molar-refractivity contribution is 7.14. The molecule has 0 aromatic carbocycles. The minimum Gasteiger partial charge on any atom is -0.347 e. The lowest BCUT2D eigenvalue weighted by atomic mass is 9.99. The standard InChI is InChI=1S/C12H17ClN2OS/c1-7(2)5-9-12(16)15-10(6-14-9)8-3-4-17-11(8)13/h3-4,7,9-10,14H,5-6H2,1-2H3,(H,15,16)/t9-,10+/m0/s1. The molecule has 2 rings (SSSR count). The maximum absolute atomic E-state index is 11.9. The zero-order chi connectivity index (χ0) is 12.4. The summed E-state index contributed by atoms with van der Waals surface area (Å²) in [5.41, 5.74) is 1.01. The van der Waals surface area contributed by atoms with E-state index in [0.29, 0.717) is 5.92 Å². The number of carbonyl (C=O) groups is 1. The maximum Gasteiger partial charge on any atom is 0.237 e. The number of hydrogen-bond acceptors (Lipinski definition) is 3. The number of nitrogens with one attached hydrogen (secondary N) is 2. The van der Waals surface area contributed by atoms with E-state index in [2.05, 4.69) is 24.5 Å². The normalized spacial score (nSPS) is 25.1. The average Bonchev–Trinajstić information content (AvgIpc) is 2.67. The molecule has 0 radical (unpaired) electrons. The Kier molecular flexibility index (Phi) is 4.07. The van der Waals surface area contributed by atoms with Gasteiger partial charge in [0.05, 0.1) is 16.4 Å². The maximum atomic E-state index is 11.9. The van der Waals surface area contributed by atoms with Crippen LogP contribution < -0.4 is 10.6 Å². The molecule has 17 heavy (non-hydrogen) atoms. The number of thiophene rings is 1. The fourth-order valence-electron chi connectivity index (χ4n) is 2.08. The Balaban J connectivity index is 2.00. The van der Waals surface area contributed by atoms with Crippen LogP contribution in [0.1, 0.15) is 31.9 Å². The number of hydrogen-bond donors (Lipinski definition) is 2. The molecule has 0 unspecified atom stereocenters. The number of rotatable bonds is 3. The van der Waals surface area contributed by atoms with Crippen molar-refractivity contribution in [2.75, 3.05) is 6.54 Å². The van der Waals surface area contributed by atoms with Crippen LogP contribution in [0, 0.1) is 5.92 Å². The first-order valence-corrected chi connectivity index (χ1v) is 7.10. The van der Waals surface area contributed by atoms with Crippen LogP contribution in [0.5, 0.6) is 0 Å². The molecule has 2 N–H and O–H groups in total. The summed E-state index contributed by atoms with van der Waals surface area (Å²) in [7, 11) is 0. The summed E-state index contributed by atoms with van der Waals surface area (Å²) in [6, 6.07) is 1.91. The topological polar surface area (TPSA) is 41.1 Å². The molecule has 1 aromatic rings. The zero-order valence-electron chi connectivity index (χ0n) is 10.00. The van der Waals surface area contributed by atoms with Gasteiger partial charge in [-0.2, -0.15) is 0 Å². The molecule has 94 valence electrons. The molecule has 1 amide bonds. The van der Waals surface area contributed by atoms with Crippen LogP contribution in [-0.4, -0.2) is 18.5 Å². The average molecular weight is 273 g/mol. The van der Waals surface area contributed by atoms with Gasteiger partial charge >= 0.3 is 0 Å². The Labute approximate surface area is 111 Å². The first kappa shape index (κ1) is 12.9. The van der Waals surface area contributed by atoms with Crippen molar-refractivity contribution in [2.45, 2.75) is 32.4 Å². The van der Waals surface area contributed by atoms with Crippen molar-refractivity contribution in [3.05, 3.63) is 21.3 Å². The highest BCUT2D eigenvalue weighted by Crippen LogP contribution is 2.29. The van der Waals surface area contributed by atoms with Crippen molar-refractivity contribution in [3.63, 3.8) is 0 Å². The van der Waals surface area contributed by atoms with Crippen LogP contribution in [0.25, 0.3) is 0 Å². The molecular weight excluding hydrogens is 256 g/mol. The van der Waals surface area contributed by atoms with E-state index in [1.807, 2.05) is 11.4 Å². The van der Waals surface area contributed by atoms with Gasteiger partial charge in [-0.3, -0.25) is 4.79 Å². The van der Waals surface area contributed by atoms with Crippen LogP contribution in [0.3, 0.4) is 0 Å². The molecule has 3 nitrogen and oxygen atoms in total. The first-order valence-electron chi connectivity index (χ1n) is 5.84. The predicted octanol–water partition coefficient (Wildman–Crippen LogP) is 2.58. The third-order valence-corrected chi connectivity index (χ3v) is 4.13. The minimum atomic E-state index is -0.0661. The predicted molar refractivity (Wildman–Crippen MR) is 71.5 cm³/mol. The largest absolute Gasteiger partial charge is 0.347 e. The lowest BCUT2D eigenvalue weighted by Crippen LogP contribution is -2.54. The molecule has 0 aliphatic carbocycles. The van der Waals surface area contributed by atoms with Gasteiger partial charge < -0.3 is 10.6 Å². The smallest absolute Gasteiger partial charge is 0.237 e. The van der Waals surface area contributed by atoms with E-state index >= 15 is 0 Å². The summed E-state index contributed by atoms with van der Waals surface area (Å²) in [4.78, 5) is 11.9. The number of carbonyl (C=O) groups excluding carboxylic acids is 1. The molecule has 1 saturated heterocycles. The second-order valence-electron chi connectivity index (χ2n) is 4.80. The number of halogens is 1. The van der Waals surface area contributed by atoms with E-state index in [-0.39, 0.29) is 18.0 Å². The van der Waals surface area contributed by atoms with Gasteiger partial charge in [-0.15, -0.1) is 11.3 Å². The summed E-state index contributed by atoms with van der Waals surface area (Å²) >= 11 is 7.58. The van der Waals surface area contributed by atoms with Crippen LogP contribution in [0.15, 0.2) is 11.4 Å². The monoisotopic (exact) mass is 272 g/mol. The van der Waals surface area contributed by atoms with Gasteiger partial charge in [0, 0.05) is 12.1 Å². The van der Waals surface area contributed by atoms with Crippen LogP contribution >= 0.6 is 22.9 Å². The molecule has 2 heterocycles. The van der Waals surface area contributed by atoms with Crippen LogP contribution in [0.2, 0.25) is 4.34 Å². The van der Waals surface area contributed by atoms with E-state index in [1.165, 1.54) is 11.3 Å². The Bertz CT molecular complexity index is 405. The molecule has 1 aromatic heterocycles. The Hall–Kier alpha value is -0.580. The van der Waals surface area contributed by atoms with E-state index in [0.717, 1.165) is 22.9 Å². The molecule has 1 aliphatic heterocycles. The quantitative estimate of drug-likeness (QED) is 0.888. The summed E-state index contributed by atoms with van der Waals surface area (Å²) in [5, 5.41) is 8.28. The Morgan fingerprint density at radius 1 is 1.59 bits per heavy atom. The summed E-state index contributed by atoms with van der Waals surface area (Å²) in [6.45, 7) is 4.99. The van der Waals surface area contributed by atoms with Gasteiger partial charge in [0.25, 0.3) is 0 Å². The number of piperazine rings is 1. The van der Waals surface area contributed by atoms with Crippen molar-refractivity contribution < 1.29 is 4.79 Å². The Morgan fingerprint density at radius 2 is 2.35 bits per heavy atom. The SMILES string of the molecule is CC(C)C[C@@H]1NC[C@H](c2ccsc2Cl)NC1=O. The van der Waals surface area contributed by atoms with Crippen molar-refractivity contribution in [2.24, 2.45) is 5.92 Å². The van der Waals surface area contributed by atoms with Gasteiger partial charge in [-0.1, -0.05) is 25.4 Å². The molecule has 1 aliphatic rings. The van der Waals surface area contributed by atoms with Crippen molar-refractivity contribution in [1.29, 1.82) is 0 Å². The van der Waals surface area contributed by atoms with E-state index in [9.17, 15) is 4.79 Å². The minimum absolute atomic E-state index is 0.00432. The lowest BCUT2D eigenvalue weighted by molar-refractivity contribution is -0.125. The summed E-state index contributed by atoms with van der Waals surface area (Å²) < 4.78 is 0.763. The van der Waals surface area contributed by atoms with Gasteiger partial charge in [0.1, 0.15) is 0 Å². The molecule has 5 heteroatoms. The summed E-state index contributed by atoms with van der Waals surface area (Å²) in [6.07, 6.45) is 0.871. The molecule has 0 spiro atoms. The fourth-order valence-corrected chi connectivity index (χ4v) is 3.11. The van der Waals surface area contributed by atoms with Gasteiger partial charge in [0.2, 0.25) is 5.91 Å². The van der Waals surface area contributed by atoms with E-state index in [1.54, 1.807) is 0 Å². The van der Waals surface area contributed by atoms with Gasteiger partial charge in [0.15, 0.2) is 0 Å². The summed E-state index contributed by atoms with van der Waals surface area (Å²) in [5.74, 6) is 0.594. The van der Waals surface area contributed by atoms with Crippen molar-refractivity contribution in [3.8, 4) is 0 Å². The lowest BCUT2D eigenvalue weighted by Gasteiger charge is -2.31. The van der Waals surface area contributed by atoms with Gasteiger partial charge in [-0.25, -0.2) is 0 Å². The van der Waals surface area contributed by atoms with E-state index in [4.69, 9.17) is 11.6 Å². The molecule has 2 atom stereocenters. The third kappa shape index (κ3) is 3.00. The highest BCUT2D eigenvalue weighted by Gasteiger charge is 2.29. The van der Waals surface area contributed by atoms with E-state index < -0.39 is 0 Å². The highest BCUT2D eigenvalue weighted by atomic mass is 35.5. The molecule has 0 saturated carbocycles.